The van der Waals surface area contributed by atoms with E-state index in [2.05, 4.69) is 12.2 Å². The highest BCUT2D eigenvalue weighted by Gasteiger charge is 2.57. The molecular weight excluding hydrogens is 370 g/mol. The predicted molar refractivity (Wildman–Crippen MR) is 101 cm³/mol. The van der Waals surface area contributed by atoms with Crippen LogP contribution in [0.5, 0.6) is 0 Å². The lowest BCUT2D eigenvalue weighted by atomic mass is 9.83. The van der Waals surface area contributed by atoms with Gasteiger partial charge in [0, 0.05) is 38.2 Å². The number of aliphatic hydroxyl groups is 1. The normalized spacial score (nSPS) is 42.1. The minimum atomic E-state index is -1.56. The molecule has 0 aliphatic carbocycles. The van der Waals surface area contributed by atoms with Crippen LogP contribution in [0.15, 0.2) is 0 Å². The van der Waals surface area contributed by atoms with Gasteiger partial charge < -0.3 is 24.6 Å². The van der Waals surface area contributed by atoms with Crippen LogP contribution in [0.1, 0.15) is 58.8 Å². The fourth-order valence-corrected chi connectivity index (χ4v) is 4.97. The molecular formula is C19H31NO6S. The zero-order chi connectivity index (χ0) is 19.5. The van der Waals surface area contributed by atoms with Crippen molar-refractivity contribution in [2.24, 2.45) is 5.92 Å². The lowest BCUT2D eigenvalue weighted by Crippen LogP contribution is -2.66. The molecule has 2 bridgehead atoms. The van der Waals surface area contributed by atoms with Crippen molar-refractivity contribution in [2.45, 2.75) is 82.3 Å². The Morgan fingerprint density at radius 3 is 2.78 bits per heavy atom. The van der Waals surface area contributed by atoms with Crippen LogP contribution in [0, 0.1) is 5.92 Å². The molecule has 0 saturated carbocycles. The van der Waals surface area contributed by atoms with Gasteiger partial charge in [-0.1, -0.05) is 18.7 Å². The van der Waals surface area contributed by atoms with Gasteiger partial charge in [-0.25, -0.2) is 0 Å². The third-order valence-electron chi connectivity index (χ3n) is 5.73. The number of thioether (sulfide) groups is 1. The topological polar surface area (TPSA) is 94.1 Å². The van der Waals surface area contributed by atoms with Crippen molar-refractivity contribution >= 4 is 23.0 Å². The summed E-state index contributed by atoms with van der Waals surface area (Å²) < 4.78 is 17.5. The van der Waals surface area contributed by atoms with Crippen LogP contribution < -0.4 is 5.32 Å². The number of nitrogens with one attached hydrogen (secondary N) is 1. The molecule has 8 heteroatoms. The monoisotopic (exact) mass is 401 g/mol. The number of hydrogen-bond donors (Lipinski definition) is 2. The molecule has 5 atom stereocenters. The van der Waals surface area contributed by atoms with Crippen LogP contribution in [-0.2, 0) is 19.0 Å². The van der Waals surface area contributed by atoms with E-state index in [4.69, 9.17) is 14.2 Å². The minimum Gasteiger partial charge on any atom is -0.462 e. The molecule has 3 fully saturated rings. The van der Waals surface area contributed by atoms with E-state index >= 15 is 0 Å². The summed E-state index contributed by atoms with van der Waals surface area (Å²) in [4.78, 5) is 24.0. The Bertz CT molecular complexity index is 560. The highest BCUT2D eigenvalue weighted by atomic mass is 32.2. The average Bonchev–Trinajstić information content (AvgIpc) is 2.96. The lowest BCUT2D eigenvalue weighted by Gasteiger charge is -2.48. The third kappa shape index (κ3) is 5.16. The van der Waals surface area contributed by atoms with Gasteiger partial charge in [0.25, 0.3) is 5.24 Å². The number of hydrogen-bond acceptors (Lipinski definition) is 7. The second-order valence-corrected chi connectivity index (χ2v) is 9.27. The van der Waals surface area contributed by atoms with Gasteiger partial charge in [0.05, 0.1) is 6.10 Å². The van der Waals surface area contributed by atoms with Crippen LogP contribution in [0.3, 0.4) is 0 Å². The van der Waals surface area contributed by atoms with Crippen molar-refractivity contribution in [3.63, 3.8) is 0 Å². The predicted octanol–water partition coefficient (Wildman–Crippen LogP) is 2.60. The van der Waals surface area contributed by atoms with Gasteiger partial charge in [0.2, 0.25) is 0 Å². The van der Waals surface area contributed by atoms with E-state index in [1.807, 2.05) is 0 Å². The molecule has 5 unspecified atom stereocenters. The second-order valence-electron chi connectivity index (χ2n) is 8.32. The Morgan fingerprint density at radius 2 is 2.04 bits per heavy atom. The smallest absolute Gasteiger partial charge is 0.306 e. The van der Waals surface area contributed by atoms with Crippen LogP contribution >= 0.6 is 11.8 Å². The molecule has 3 heterocycles. The van der Waals surface area contributed by atoms with Crippen molar-refractivity contribution in [1.29, 1.82) is 0 Å². The molecule has 0 spiro atoms. The number of amides is 1. The number of rotatable bonds is 1. The largest absolute Gasteiger partial charge is 0.462 e. The van der Waals surface area contributed by atoms with Gasteiger partial charge in [-0.2, -0.15) is 0 Å². The average molecular weight is 402 g/mol. The van der Waals surface area contributed by atoms with Crippen molar-refractivity contribution in [3.8, 4) is 0 Å². The van der Waals surface area contributed by atoms with Gasteiger partial charge in [-0.3, -0.25) is 9.59 Å². The van der Waals surface area contributed by atoms with Gasteiger partial charge >= 0.3 is 5.97 Å². The Hall–Kier alpha value is -0.830. The summed E-state index contributed by atoms with van der Waals surface area (Å²) in [6.07, 6.45) is 3.67. The maximum absolute atomic E-state index is 12.2. The maximum atomic E-state index is 12.2. The molecule has 3 saturated heterocycles. The second kappa shape index (κ2) is 8.68. The quantitative estimate of drug-likeness (QED) is 0.652. The molecule has 3 aliphatic rings. The highest BCUT2D eigenvalue weighted by molar-refractivity contribution is 8.14. The maximum Gasteiger partial charge on any atom is 0.306 e. The zero-order valence-electron chi connectivity index (χ0n) is 16.2. The van der Waals surface area contributed by atoms with Gasteiger partial charge in [0.1, 0.15) is 11.6 Å². The minimum absolute atomic E-state index is 0.168. The first-order valence-corrected chi connectivity index (χ1v) is 10.9. The summed E-state index contributed by atoms with van der Waals surface area (Å²) in [6, 6.07) is 0. The summed E-state index contributed by atoms with van der Waals surface area (Å²) in [5, 5.41) is 14.0. The van der Waals surface area contributed by atoms with E-state index < -0.39 is 17.4 Å². The molecule has 0 aromatic carbocycles. The van der Waals surface area contributed by atoms with Crippen LogP contribution in [0.4, 0.5) is 4.79 Å². The summed E-state index contributed by atoms with van der Waals surface area (Å²) in [5.74, 6) is -0.995. The zero-order valence-corrected chi connectivity index (χ0v) is 17.0. The molecule has 154 valence electrons. The SMILES string of the molecule is CC1CCC2CC(CC(O)(C3(C)CSC(=O)N3)O2)OC(=O)CCCCOC1. The van der Waals surface area contributed by atoms with Crippen LogP contribution in [-0.4, -0.2) is 58.8 Å². The summed E-state index contributed by atoms with van der Waals surface area (Å²) in [5.41, 5.74) is -0.905. The molecule has 0 aromatic heterocycles. The van der Waals surface area contributed by atoms with Crippen molar-refractivity contribution in [3.05, 3.63) is 0 Å². The van der Waals surface area contributed by atoms with E-state index in [-0.39, 0.29) is 23.7 Å². The first-order valence-electron chi connectivity index (χ1n) is 9.92. The Kier molecular flexibility index (Phi) is 6.71. The molecule has 0 aromatic rings. The van der Waals surface area contributed by atoms with E-state index in [1.54, 1.807) is 6.92 Å². The molecule has 1 amide bonds. The van der Waals surface area contributed by atoms with Crippen molar-refractivity contribution in [1.82, 2.24) is 5.32 Å². The fraction of sp³-hybridized carbons (Fsp3) is 0.895. The number of esters is 1. The molecule has 7 nitrogen and oxygen atoms in total. The summed E-state index contributed by atoms with van der Waals surface area (Å²) >= 11 is 1.14. The third-order valence-corrected chi connectivity index (χ3v) is 6.81. The molecule has 3 aliphatic heterocycles. The number of fused-ring (bicyclic) bond motifs is 2. The first kappa shape index (κ1) is 20.9. The Balaban J connectivity index is 1.75. The van der Waals surface area contributed by atoms with Crippen molar-refractivity contribution < 1.29 is 28.9 Å². The van der Waals surface area contributed by atoms with Gasteiger partial charge in [-0.05, 0) is 38.5 Å². The highest BCUT2D eigenvalue weighted by Crippen LogP contribution is 2.42. The molecule has 0 radical (unpaired) electrons. The summed E-state index contributed by atoms with van der Waals surface area (Å²) in [6.45, 7) is 5.29. The number of ether oxygens (including phenoxy) is 3. The first-order chi connectivity index (χ1) is 12.8. The summed E-state index contributed by atoms with van der Waals surface area (Å²) in [7, 11) is 0. The molecule has 3 rings (SSSR count). The Labute approximate surface area is 164 Å². The lowest BCUT2D eigenvalue weighted by molar-refractivity contribution is -0.302. The van der Waals surface area contributed by atoms with Crippen molar-refractivity contribution in [2.75, 3.05) is 19.0 Å². The standard InChI is InChI=1S/C19H31NO6S/c1-13-6-7-14-9-15(25-16(21)5-3-4-8-24-11-13)10-19(23,26-14)18(2)12-27-17(22)20-18/h13-15,23H,3-12H2,1-2H3,(H,20,22). The van der Waals surface area contributed by atoms with Gasteiger partial charge in [0.15, 0.2) is 5.79 Å². The van der Waals surface area contributed by atoms with Gasteiger partial charge in [-0.15, -0.1) is 0 Å². The number of carbonyl (C=O) groups is 2. The van der Waals surface area contributed by atoms with E-state index in [0.717, 1.165) is 37.4 Å². The van der Waals surface area contributed by atoms with E-state index in [0.29, 0.717) is 37.7 Å². The van der Waals surface area contributed by atoms with Crippen LogP contribution in [0.2, 0.25) is 0 Å². The van der Waals surface area contributed by atoms with E-state index in [9.17, 15) is 14.7 Å². The van der Waals surface area contributed by atoms with E-state index in [1.165, 1.54) is 0 Å². The number of carbonyl (C=O) groups excluding carboxylic acids is 2. The molecule has 27 heavy (non-hydrogen) atoms. The molecule has 2 N–H and O–H groups in total. The fourth-order valence-electron chi connectivity index (χ4n) is 3.95. The Morgan fingerprint density at radius 1 is 1.22 bits per heavy atom. The van der Waals surface area contributed by atoms with Crippen LogP contribution in [0.25, 0.3) is 0 Å².